The van der Waals surface area contributed by atoms with Crippen LogP contribution in [0.3, 0.4) is 0 Å². The highest BCUT2D eigenvalue weighted by atomic mass is 19.2. The number of amides is 1. The first-order valence-corrected chi connectivity index (χ1v) is 7.66. The van der Waals surface area contributed by atoms with Crippen molar-refractivity contribution in [1.29, 1.82) is 0 Å². The third-order valence-corrected chi connectivity index (χ3v) is 3.84. The number of nitrogens with zero attached hydrogens (tertiary/aromatic N) is 1. The highest BCUT2D eigenvalue weighted by molar-refractivity contribution is 5.83. The van der Waals surface area contributed by atoms with Crippen LogP contribution in [0, 0.1) is 11.6 Å². The van der Waals surface area contributed by atoms with Gasteiger partial charge in [-0.05, 0) is 44.9 Å². The number of esters is 1. The van der Waals surface area contributed by atoms with Crippen LogP contribution >= 0.6 is 0 Å². The number of halogens is 2. The van der Waals surface area contributed by atoms with E-state index in [1.54, 1.807) is 20.8 Å². The van der Waals surface area contributed by atoms with Gasteiger partial charge in [-0.15, -0.1) is 0 Å². The summed E-state index contributed by atoms with van der Waals surface area (Å²) in [6.45, 7) is 5.43. The van der Waals surface area contributed by atoms with E-state index in [0.717, 1.165) is 12.1 Å². The standard InChI is InChI=1S/C17H21F2NO4/c1-17(2,3)24-16(22)20-8-7-11(14(20)15(21)23-4)10-5-6-12(18)13(19)9-10/h5-6,9,11,14H,7-8H2,1-4H3. The van der Waals surface area contributed by atoms with Gasteiger partial charge in [0.1, 0.15) is 11.6 Å². The van der Waals surface area contributed by atoms with Gasteiger partial charge in [0.25, 0.3) is 0 Å². The molecule has 1 saturated heterocycles. The number of hydrogen-bond donors (Lipinski definition) is 0. The summed E-state index contributed by atoms with van der Waals surface area (Å²) in [6.07, 6.45) is -0.215. The zero-order valence-corrected chi connectivity index (χ0v) is 14.1. The minimum absolute atomic E-state index is 0.262. The molecule has 0 aliphatic carbocycles. The van der Waals surface area contributed by atoms with E-state index in [1.807, 2.05) is 0 Å². The fourth-order valence-electron chi connectivity index (χ4n) is 2.82. The number of methoxy groups -OCH3 is 1. The van der Waals surface area contributed by atoms with Gasteiger partial charge in [-0.25, -0.2) is 18.4 Å². The van der Waals surface area contributed by atoms with Crippen LogP contribution in [-0.4, -0.2) is 42.3 Å². The van der Waals surface area contributed by atoms with Gasteiger partial charge >= 0.3 is 12.1 Å². The maximum absolute atomic E-state index is 13.5. The van der Waals surface area contributed by atoms with Gasteiger partial charge < -0.3 is 9.47 Å². The zero-order valence-electron chi connectivity index (χ0n) is 14.1. The molecule has 2 rings (SSSR count). The topological polar surface area (TPSA) is 55.8 Å². The van der Waals surface area contributed by atoms with Gasteiger partial charge in [0.2, 0.25) is 0 Å². The van der Waals surface area contributed by atoms with Crippen LogP contribution in [0.15, 0.2) is 18.2 Å². The SMILES string of the molecule is COC(=O)C1C(c2ccc(F)c(F)c2)CCN1C(=O)OC(C)(C)C. The molecule has 1 fully saturated rings. The second kappa shape index (κ2) is 6.75. The zero-order chi connectivity index (χ0) is 18.1. The molecule has 1 aromatic rings. The minimum atomic E-state index is -0.994. The molecule has 1 heterocycles. The molecule has 1 aliphatic heterocycles. The van der Waals surface area contributed by atoms with Crippen molar-refractivity contribution in [3.05, 3.63) is 35.4 Å². The highest BCUT2D eigenvalue weighted by Crippen LogP contribution is 2.35. The van der Waals surface area contributed by atoms with Crippen molar-refractivity contribution in [2.24, 2.45) is 0 Å². The third-order valence-electron chi connectivity index (χ3n) is 3.84. The number of likely N-dealkylation sites (tertiary alicyclic amines) is 1. The van der Waals surface area contributed by atoms with E-state index in [4.69, 9.17) is 9.47 Å². The normalized spacial score (nSPS) is 20.8. The molecule has 2 atom stereocenters. The van der Waals surface area contributed by atoms with E-state index in [2.05, 4.69) is 0 Å². The molecule has 24 heavy (non-hydrogen) atoms. The minimum Gasteiger partial charge on any atom is -0.467 e. The monoisotopic (exact) mass is 341 g/mol. The molecule has 7 heteroatoms. The summed E-state index contributed by atoms with van der Waals surface area (Å²) in [7, 11) is 1.22. The molecule has 5 nitrogen and oxygen atoms in total. The summed E-state index contributed by atoms with van der Waals surface area (Å²) in [6, 6.07) is 2.54. The van der Waals surface area contributed by atoms with Gasteiger partial charge in [-0.3, -0.25) is 4.90 Å². The van der Waals surface area contributed by atoms with Crippen LogP contribution < -0.4 is 0 Å². The van der Waals surface area contributed by atoms with E-state index >= 15 is 0 Å². The second-order valence-electron chi connectivity index (χ2n) is 6.71. The first-order valence-electron chi connectivity index (χ1n) is 7.66. The van der Waals surface area contributed by atoms with Gasteiger partial charge in [0, 0.05) is 12.5 Å². The Morgan fingerprint density at radius 3 is 2.42 bits per heavy atom. The fourth-order valence-corrected chi connectivity index (χ4v) is 2.82. The molecule has 0 saturated carbocycles. The molecule has 132 valence electrons. The van der Waals surface area contributed by atoms with Crippen molar-refractivity contribution in [3.8, 4) is 0 Å². The Balaban J connectivity index is 2.31. The smallest absolute Gasteiger partial charge is 0.411 e. The molecule has 1 aliphatic rings. The number of carbonyl (C=O) groups is 2. The Bertz CT molecular complexity index is 642. The Kier molecular flexibility index (Phi) is 5.11. The summed E-state index contributed by atoms with van der Waals surface area (Å²) < 4.78 is 36.8. The van der Waals surface area contributed by atoms with Crippen molar-refractivity contribution in [3.63, 3.8) is 0 Å². The number of ether oxygens (including phenoxy) is 2. The Hall–Kier alpha value is -2.18. The largest absolute Gasteiger partial charge is 0.467 e. The molecule has 0 aromatic heterocycles. The highest BCUT2D eigenvalue weighted by Gasteiger charge is 2.45. The van der Waals surface area contributed by atoms with Crippen LogP contribution in [0.2, 0.25) is 0 Å². The molecule has 0 bridgehead atoms. The van der Waals surface area contributed by atoms with E-state index in [0.29, 0.717) is 12.0 Å². The lowest BCUT2D eigenvalue weighted by molar-refractivity contribution is -0.146. The predicted octanol–water partition coefficient (Wildman–Crippen LogP) is 3.23. The third kappa shape index (κ3) is 3.83. The summed E-state index contributed by atoms with van der Waals surface area (Å²) in [5.74, 6) is -3.06. The quantitative estimate of drug-likeness (QED) is 0.775. The molecule has 1 aromatic carbocycles. The first kappa shape index (κ1) is 18.2. The lowest BCUT2D eigenvalue weighted by atomic mass is 9.91. The first-order chi connectivity index (χ1) is 11.1. The van der Waals surface area contributed by atoms with Gasteiger partial charge in [0.15, 0.2) is 11.6 Å². The summed E-state index contributed by atoms with van der Waals surface area (Å²) >= 11 is 0. The lowest BCUT2D eigenvalue weighted by Gasteiger charge is -2.29. The van der Waals surface area contributed by atoms with E-state index < -0.39 is 41.3 Å². The summed E-state index contributed by atoms with van der Waals surface area (Å²) in [4.78, 5) is 25.8. The molecular weight excluding hydrogens is 320 g/mol. The molecule has 2 unspecified atom stereocenters. The molecule has 1 amide bonds. The van der Waals surface area contributed by atoms with Crippen molar-refractivity contribution in [1.82, 2.24) is 4.90 Å². The number of benzene rings is 1. The van der Waals surface area contributed by atoms with Crippen molar-refractivity contribution in [2.45, 2.75) is 44.8 Å². The lowest BCUT2D eigenvalue weighted by Crippen LogP contribution is -2.45. The second-order valence-corrected chi connectivity index (χ2v) is 6.71. The molecule has 0 spiro atoms. The van der Waals surface area contributed by atoms with Crippen LogP contribution in [0.5, 0.6) is 0 Å². The van der Waals surface area contributed by atoms with Gasteiger partial charge in [-0.2, -0.15) is 0 Å². The van der Waals surface area contributed by atoms with Crippen LogP contribution in [0.25, 0.3) is 0 Å². The Morgan fingerprint density at radius 2 is 1.88 bits per heavy atom. The van der Waals surface area contributed by atoms with E-state index in [-0.39, 0.29) is 6.54 Å². The van der Waals surface area contributed by atoms with Crippen LogP contribution in [-0.2, 0) is 14.3 Å². The predicted molar refractivity (Wildman–Crippen MR) is 82.5 cm³/mol. The van der Waals surface area contributed by atoms with Crippen molar-refractivity contribution < 1.29 is 27.8 Å². The molecule has 0 N–H and O–H groups in total. The van der Waals surface area contributed by atoms with Crippen molar-refractivity contribution >= 4 is 12.1 Å². The van der Waals surface area contributed by atoms with E-state index in [1.165, 1.54) is 18.1 Å². The van der Waals surface area contributed by atoms with E-state index in [9.17, 15) is 18.4 Å². The fraction of sp³-hybridized carbons (Fsp3) is 0.529. The van der Waals surface area contributed by atoms with Crippen LogP contribution in [0.4, 0.5) is 13.6 Å². The van der Waals surface area contributed by atoms with Gasteiger partial charge in [-0.1, -0.05) is 6.07 Å². The maximum Gasteiger partial charge on any atom is 0.411 e. The molecular formula is C17H21F2NO4. The Labute approximate surface area is 139 Å². The van der Waals surface area contributed by atoms with Gasteiger partial charge in [0.05, 0.1) is 7.11 Å². The van der Waals surface area contributed by atoms with Crippen LogP contribution in [0.1, 0.15) is 38.7 Å². The average Bonchev–Trinajstić information content (AvgIpc) is 2.92. The average molecular weight is 341 g/mol. The molecule has 0 radical (unpaired) electrons. The number of rotatable bonds is 2. The number of hydrogen-bond acceptors (Lipinski definition) is 4. The Morgan fingerprint density at radius 1 is 1.21 bits per heavy atom. The summed E-state index contributed by atoms with van der Waals surface area (Å²) in [5, 5.41) is 0. The summed E-state index contributed by atoms with van der Waals surface area (Å²) in [5.41, 5.74) is -0.270. The maximum atomic E-state index is 13.5. The number of carbonyl (C=O) groups excluding carboxylic acids is 2. The van der Waals surface area contributed by atoms with Crippen molar-refractivity contribution in [2.75, 3.05) is 13.7 Å².